The summed E-state index contributed by atoms with van der Waals surface area (Å²) >= 11 is 6.07. The summed E-state index contributed by atoms with van der Waals surface area (Å²) in [5.74, 6) is 0.905. The molecular weight excluding hydrogens is 299 g/mol. The van der Waals surface area contributed by atoms with Gasteiger partial charge in [0, 0.05) is 36.8 Å². The van der Waals surface area contributed by atoms with Gasteiger partial charge in [-0.2, -0.15) is 0 Å². The fraction of sp³-hybridized carbons (Fsp3) is 0.571. The topological polar surface area (TPSA) is 47.7 Å². The predicted octanol–water partition coefficient (Wildman–Crippen LogP) is 2.32. The maximum absolute atomic E-state index is 6.07. The summed E-state index contributed by atoms with van der Waals surface area (Å²) in [6.07, 6.45) is 0.128. The molecule has 1 aliphatic rings. The molecule has 1 aromatic rings. The molecule has 1 saturated heterocycles. The van der Waals surface area contributed by atoms with Gasteiger partial charge in [0.25, 0.3) is 0 Å². The molecule has 0 radical (unpaired) electrons. The highest BCUT2D eigenvalue weighted by molar-refractivity contribution is 6.30. The summed E-state index contributed by atoms with van der Waals surface area (Å²) in [5, 5.41) is 0.738. The highest BCUT2D eigenvalue weighted by atomic mass is 35.5. The Morgan fingerprint density at radius 3 is 3.00 bits per heavy atom. The van der Waals surface area contributed by atoms with Crippen LogP contribution in [0.4, 0.5) is 0 Å². The number of nitrogens with zero attached hydrogens (tertiary/aromatic N) is 1. The van der Waals surface area contributed by atoms with Crippen molar-refractivity contribution in [2.24, 2.45) is 5.73 Å². The summed E-state index contributed by atoms with van der Waals surface area (Å²) < 4.78 is 11.2. The molecule has 114 valence electrons. The molecule has 1 aromatic carbocycles. The van der Waals surface area contributed by atoms with Crippen LogP contribution in [0.15, 0.2) is 18.2 Å². The number of rotatable bonds is 5. The van der Waals surface area contributed by atoms with Gasteiger partial charge in [-0.05, 0) is 25.1 Å². The van der Waals surface area contributed by atoms with E-state index in [1.54, 1.807) is 0 Å². The summed E-state index contributed by atoms with van der Waals surface area (Å²) in [4.78, 5) is 2.33. The standard InChI is InChI=1S/C14H21ClN2O2.ClH/c1-2-18-14-4-3-12(15)7-11(14)9-17-5-6-19-13(8-16)10-17;/h3-4,7,13H,2,5-6,8-10,16H2,1H3;1H/t13-;/m0./s1. The Hall–Kier alpha value is -0.520. The van der Waals surface area contributed by atoms with Crippen LogP contribution in [0.1, 0.15) is 12.5 Å². The van der Waals surface area contributed by atoms with E-state index < -0.39 is 0 Å². The number of ether oxygens (including phenoxy) is 2. The fourth-order valence-corrected chi connectivity index (χ4v) is 2.47. The lowest BCUT2D eigenvalue weighted by Crippen LogP contribution is -2.45. The molecular formula is C14H22Cl2N2O2. The van der Waals surface area contributed by atoms with Crippen LogP contribution in [-0.2, 0) is 11.3 Å². The van der Waals surface area contributed by atoms with E-state index in [4.69, 9.17) is 26.8 Å². The molecule has 0 amide bonds. The van der Waals surface area contributed by atoms with Crippen molar-refractivity contribution in [2.75, 3.05) is 32.8 Å². The van der Waals surface area contributed by atoms with E-state index >= 15 is 0 Å². The van der Waals surface area contributed by atoms with Gasteiger partial charge in [0.1, 0.15) is 5.75 Å². The number of hydrogen-bond donors (Lipinski definition) is 1. The van der Waals surface area contributed by atoms with Crippen LogP contribution in [0.5, 0.6) is 5.75 Å². The van der Waals surface area contributed by atoms with Gasteiger partial charge in [-0.3, -0.25) is 4.90 Å². The summed E-state index contributed by atoms with van der Waals surface area (Å²) in [5.41, 5.74) is 6.78. The second-order valence-corrected chi connectivity index (χ2v) is 5.09. The van der Waals surface area contributed by atoms with Gasteiger partial charge in [-0.1, -0.05) is 11.6 Å². The van der Waals surface area contributed by atoms with Gasteiger partial charge in [-0.15, -0.1) is 12.4 Å². The maximum atomic E-state index is 6.07. The smallest absolute Gasteiger partial charge is 0.123 e. The Balaban J connectivity index is 0.00000200. The third-order valence-electron chi connectivity index (χ3n) is 3.20. The van der Waals surface area contributed by atoms with Gasteiger partial charge < -0.3 is 15.2 Å². The number of morpholine rings is 1. The largest absolute Gasteiger partial charge is 0.494 e. The van der Waals surface area contributed by atoms with Crippen molar-refractivity contribution >= 4 is 24.0 Å². The first-order valence-electron chi connectivity index (χ1n) is 6.68. The molecule has 20 heavy (non-hydrogen) atoms. The first-order valence-corrected chi connectivity index (χ1v) is 7.06. The number of halogens is 2. The van der Waals surface area contributed by atoms with Crippen LogP contribution in [0.25, 0.3) is 0 Å². The summed E-state index contributed by atoms with van der Waals surface area (Å²) in [7, 11) is 0. The van der Waals surface area contributed by atoms with E-state index in [0.717, 1.165) is 42.6 Å². The van der Waals surface area contributed by atoms with Crippen LogP contribution >= 0.6 is 24.0 Å². The number of benzene rings is 1. The van der Waals surface area contributed by atoms with Crippen LogP contribution in [0, 0.1) is 0 Å². The van der Waals surface area contributed by atoms with Gasteiger partial charge >= 0.3 is 0 Å². The maximum Gasteiger partial charge on any atom is 0.123 e. The molecule has 0 aromatic heterocycles. The second kappa shape index (κ2) is 8.70. The van der Waals surface area contributed by atoms with E-state index in [1.165, 1.54) is 0 Å². The van der Waals surface area contributed by atoms with Gasteiger partial charge in [0.2, 0.25) is 0 Å². The molecule has 1 atom stereocenters. The molecule has 0 unspecified atom stereocenters. The van der Waals surface area contributed by atoms with E-state index in [1.807, 2.05) is 25.1 Å². The highest BCUT2D eigenvalue weighted by Crippen LogP contribution is 2.25. The SMILES string of the molecule is CCOc1ccc(Cl)cc1CN1CCO[C@@H](CN)C1.Cl. The lowest BCUT2D eigenvalue weighted by Gasteiger charge is -2.32. The number of hydrogen-bond acceptors (Lipinski definition) is 4. The highest BCUT2D eigenvalue weighted by Gasteiger charge is 2.20. The fourth-order valence-electron chi connectivity index (χ4n) is 2.28. The van der Waals surface area contributed by atoms with E-state index in [2.05, 4.69) is 4.90 Å². The van der Waals surface area contributed by atoms with Gasteiger partial charge in [-0.25, -0.2) is 0 Å². The monoisotopic (exact) mass is 320 g/mol. The zero-order valence-corrected chi connectivity index (χ0v) is 13.3. The molecule has 1 aliphatic heterocycles. The predicted molar refractivity (Wildman–Crippen MR) is 83.9 cm³/mol. The molecule has 0 saturated carbocycles. The summed E-state index contributed by atoms with van der Waals surface area (Å²) in [6, 6.07) is 5.76. The third-order valence-corrected chi connectivity index (χ3v) is 3.44. The molecule has 1 heterocycles. The Morgan fingerprint density at radius 2 is 2.30 bits per heavy atom. The molecule has 1 fully saturated rings. The van der Waals surface area contributed by atoms with Crippen LogP contribution < -0.4 is 10.5 Å². The van der Waals surface area contributed by atoms with Crippen molar-refractivity contribution in [2.45, 2.75) is 19.6 Å². The zero-order chi connectivity index (χ0) is 13.7. The minimum Gasteiger partial charge on any atom is -0.494 e. The Kier molecular flexibility index (Phi) is 7.62. The second-order valence-electron chi connectivity index (χ2n) is 4.65. The van der Waals surface area contributed by atoms with E-state index in [0.29, 0.717) is 13.2 Å². The van der Waals surface area contributed by atoms with Crippen LogP contribution in [-0.4, -0.2) is 43.9 Å². The Labute approximate surface area is 131 Å². The van der Waals surface area contributed by atoms with Crippen molar-refractivity contribution < 1.29 is 9.47 Å². The average molecular weight is 321 g/mol. The molecule has 0 aliphatic carbocycles. The molecule has 0 spiro atoms. The first-order chi connectivity index (χ1) is 9.22. The van der Waals surface area contributed by atoms with Crippen molar-refractivity contribution in [1.29, 1.82) is 0 Å². The molecule has 6 heteroatoms. The van der Waals surface area contributed by atoms with Crippen molar-refractivity contribution in [1.82, 2.24) is 4.90 Å². The quantitative estimate of drug-likeness (QED) is 0.904. The third kappa shape index (κ3) is 4.79. The minimum absolute atomic E-state index is 0. The Morgan fingerprint density at radius 1 is 1.50 bits per heavy atom. The van der Waals surface area contributed by atoms with Gasteiger partial charge in [0.15, 0.2) is 0 Å². The molecule has 2 rings (SSSR count). The number of nitrogens with two attached hydrogens (primary N) is 1. The van der Waals surface area contributed by atoms with Crippen LogP contribution in [0.3, 0.4) is 0 Å². The minimum atomic E-state index is 0. The average Bonchev–Trinajstić information content (AvgIpc) is 2.42. The molecule has 2 N–H and O–H groups in total. The van der Waals surface area contributed by atoms with Crippen molar-refractivity contribution in [3.8, 4) is 5.75 Å². The lowest BCUT2D eigenvalue weighted by molar-refractivity contribution is -0.0262. The van der Waals surface area contributed by atoms with Crippen molar-refractivity contribution in [3.63, 3.8) is 0 Å². The molecule has 0 bridgehead atoms. The van der Waals surface area contributed by atoms with Gasteiger partial charge in [0.05, 0.1) is 19.3 Å². The van der Waals surface area contributed by atoms with Crippen molar-refractivity contribution in [3.05, 3.63) is 28.8 Å². The normalized spacial score (nSPS) is 19.4. The lowest BCUT2D eigenvalue weighted by atomic mass is 10.1. The van der Waals surface area contributed by atoms with Crippen LogP contribution in [0.2, 0.25) is 5.02 Å². The first kappa shape index (κ1) is 17.5. The zero-order valence-electron chi connectivity index (χ0n) is 11.7. The Bertz CT molecular complexity index is 418. The summed E-state index contributed by atoms with van der Waals surface area (Å²) in [6.45, 7) is 6.51. The van der Waals surface area contributed by atoms with E-state index in [-0.39, 0.29) is 18.5 Å². The van der Waals surface area contributed by atoms with E-state index in [9.17, 15) is 0 Å². The molecule has 4 nitrogen and oxygen atoms in total.